The molecular formula is C25H27NO4. The van der Waals surface area contributed by atoms with Gasteiger partial charge in [-0.1, -0.05) is 60.7 Å². The standard InChI is InChI=1S/C25H27NO4/c1-28-23-14-12-22(13-15-23)26-24(19-29-17-20-8-4-2-5-9-20)25(16-27)30-18-21-10-6-3-7-11-21/h2-16,24-26H,17-19H2,1H3/t24-,25-/m1/s1. The molecule has 0 bridgehead atoms. The van der Waals surface area contributed by atoms with Crippen LogP contribution in [0.25, 0.3) is 0 Å². The normalized spacial score (nSPS) is 12.7. The SMILES string of the molecule is COc1ccc(N[C@H](COCc2ccccc2)[C@@H](C=O)OCc2ccccc2)cc1. The number of methoxy groups -OCH3 is 1. The van der Waals surface area contributed by atoms with Gasteiger partial charge in [0.25, 0.3) is 0 Å². The fraction of sp³-hybridized carbons (Fsp3) is 0.240. The molecule has 0 saturated carbocycles. The van der Waals surface area contributed by atoms with Crippen molar-refractivity contribution in [3.63, 3.8) is 0 Å². The number of carbonyl (C=O) groups is 1. The van der Waals surface area contributed by atoms with Crippen molar-refractivity contribution in [2.75, 3.05) is 19.0 Å². The van der Waals surface area contributed by atoms with Gasteiger partial charge < -0.3 is 24.3 Å². The first-order chi connectivity index (χ1) is 14.8. The molecule has 0 aliphatic carbocycles. The van der Waals surface area contributed by atoms with Crippen molar-refractivity contribution >= 4 is 12.0 Å². The topological polar surface area (TPSA) is 56.8 Å². The number of carbonyl (C=O) groups excluding carboxylic acids is 1. The van der Waals surface area contributed by atoms with Gasteiger partial charge in [-0.25, -0.2) is 0 Å². The molecule has 30 heavy (non-hydrogen) atoms. The number of ether oxygens (including phenoxy) is 3. The van der Waals surface area contributed by atoms with Gasteiger partial charge in [0.1, 0.15) is 11.9 Å². The van der Waals surface area contributed by atoms with E-state index >= 15 is 0 Å². The van der Waals surface area contributed by atoms with E-state index in [4.69, 9.17) is 14.2 Å². The average Bonchev–Trinajstić information content (AvgIpc) is 2.81. The van der Waals surface area contributed by atoms with E-state index in [1.165, 1.54) is 0 Å². The molecule has 0 aromatic heterocycles. The zero-order valence-electron chi connectivity index (χ0n) is 17.1. The summed E-state index contributed by atoms with van der Waals surface area (Å²) >= 11 is 0. The summed E-state index contributed by atoms with van der Waals surface area (Å²) in [6, 6.07) is 26.9. The molecule has 0 unspecified atom stereocenters. The third-order valence-corrected chi connectivity index (χ3v) is 4.67. The molecule has 0 amide bonds. The minimum absolute atomic E-state index is 0.319. The van der Waals surface area contributed by atoms with Crippen molar-refractivity contribution in [1.82, 2.24) is 0 Å². The summed E-state index contributed by atoms with van der Waals surface area (Å²) < 4.78 is 17.0. The molecule has 0 heterocycles. The van der Waals surface area contributed by atoms with E-state index in [0.29, 0.717) is 19.8 Å². The molecule has 0 aliphatic rings. The van der Waals surface area contributed by atoms with E-state index in [2.05, 4.69) is 5.32 Å². The lowest BCUT2D eigenvalue weighted by Gasteiger charge is -2.25. The maximum atomic E-state index is 11.9. The molecular weight excluding hydrogens is 378 g/mol. The van der Waals surface area contributed by atoms with Crippen LogP contribution in [-0.2, 0) is 27.5 Å². The summed E-state index contributed by atoms with van der Waals surface area (Å²) in [5.41, 5.74) is 2.95. The molecule has 3 aromatic rings. The Morgan fingerprint density at radius 2 is 1.43 bits per heavy atom. The van der Waals surface area contributed by atoms with Gasteiger partial charge in [0, 0.05) is 5.69 Å². The first-order valence-corrected chi connectivity index (χ1v) is 9.91. The molecule has 156 valence electrons. The van der Waals surface area contributed by atoms with Gasteiger partial charge >= 0.3 is 0 Å². The minimum Gasteiger partial charge on any atom is -0.497 e. The Kier molecular flexibility index (Phi) is 8.45. The second-order valence-corrected chi connectivity index (χ2v) is 6.88. The molecule has 0 spiro atoms. The zero-order valence-corrected chi connectivity index (χ0v) is 17.1. The van der Waals surface area contributed by atoms with E-state index in [1.54, 1.807) is 7.11 Å². The molecule has 2 atom stereocenters. The van der Waals surface area contributed by atoms with Crippen molar-refractivity contribution in [3.05, 3.63) is 96.1 Å². The highest BCUT2D eigenvalue weighted by Gasteiger charge is 2.22. The van der Waals surface area contributed by atoms with Crippen LogP contribution < -0.4 is 10.1 Å². The Balaban J connectivity index is 1.65. The maximum Gasteiger partial charge on any atom is 0.150 e. The van der Waals surface area contributed by atoms with Crippen LogP contribution in [0.1, 0.15) is 11.1 Å². The monoisotopic (exact) mass is 405 g/mol. The van der Waals surface area contributed by atoms with Gasteiger partial charge in [0.2, 0.25) is 0 Å². The van der Waals surface area contributed by atoms with Crippen molar-refractivity contribution in [2.24, 2.45) is 0 Å². The number of rotatable bonds is 12. The van der Waals surface area contributed by atoms with Crippen LogP contribution >= 0.6 is 0 Å². The Hall–Kier alpha value is -3.15. The van der Waals surface area contributed by atoms with Crippen LogP contribution in [0.5, 0.6) is 5.75 Å². The molecule has 0 saturated heterocycles. The van der Waals surface area contributed by atoms with E-state index in [1.807, 2.05) is 84.9 Å². The van der Waals surface area contributed by atoms with Crippen LogP contribution in [0.2, 0.25) is 0 Å². The lowest BCUT2D eigenvalue weighted by Crippen LogP contribution is -2.40. The predicted molar refractivity (Wildman–Crippen MR) is 118 cm³/mol. The smallest absolute Gasteiger partial charge is 0.150 e. The fourth-order valence-corrected chi connectivity index (χ4v) is 3.01. The van der Waals surface area contributed by atoms with Crippen molar-refractivity contribution < 1.29 is 19.0 Å². The van der Waals surface area contributed by atoms with Crippen LogP contribution in [0.15, 0.2) is 84.9 Å². The fourth-order valence-electron chi connectivity index (χ4n) is 3.01. The molecule has 5 heteroatoms. The lowest BCUT2D eigenvalue weighted by molar-refractivity contribution is -0.121. The molecule has 3 rings (SSSR count). The Morgan fingerprint density at radius 1 is 0.833 bits per heavy atom. The maximum absolute atomic E-state index is 11.9. The average molecular weight is 405 g/mol. The van der Waals surface area contributed by atoms with Gasteiger partial charge in [-0.15, -0.1) is 0 Å². The van der Waals surface area contributed by atoms with Gasteiger partial charge in [0.15, 0.2) is 6.29 Å². The number of aldehydes is 1. The van der Waals surface area contributed by atoms with E-state index in [0.717, 1.165) is 28.8 Å². The van der Waals surface area contributed by atoms with Crippen LogP contribution in [-0.4, -0.2) is 32.1 Å². The lowest BCUT2D eigenvalue weighted by atomic mass is 10.1. The summed E-state index contributed by atoms with van der Waals surface area (Å²) in [6.45, 7) is 1.13. The van der Waals surface area contributed by atoms with Crippen LogP contribution in [0, 0.1) is 0 Å². The molecule has 3 aromatic carbocycles. The largest absolute Gasteiger partial charge is 0.497 e. The highest BCUT2D eigenvalue weighted by Crippen LogP contribution is 2.18. The summed E-state index contributed by atoms with van der Waals surface area (Å²) in [5, 5.41) is 3.37. The molecule has 5 nitrogen and oxygen atoms in total. The summed E-state index contributed by atoms with van der Waals surface area (Å²) in [4.78, 5) is 11.9. The highest BCUT2D eigenvalue weighted by molar-refractivity contribution is 5.60. The number of hydrogen-bond acceptors (Lipinski definition) is 5. The molecule has 1 N–H and O–H groups in total. The van der Waals surface area contributed by atoms with Gasteiger partial charge in [0.05, 0.1) is 33.0 Å². The quantitative estimate of drug-likeness (QED) is 0.451. The van der Waals surface area contributed by atoms with Crippen LogP contribution in [0.3, 0.4) is 0 Å². The minimum atomic E-state index is -0.664. The zero-order chi connectivity index (χ0) is 21.0. The summed E-state index contributed by atoms with van der Waals surface area (Å²) in [5.74, 6) is 0.768. The first kappa shape index (κ1) is 21.6. The Morgan fingerprint density at radius 3 is 2.00 bits per heavy atom. The van der Waals surface area contributed by atoms with Gasteiger partial charge in [-0.3, -0.25) is 0 Å². The number of anilines is 1. The van der Waals surface area contributed by atoms with Crippen molar-refractivity contribution in [1.29, 1.82) is 0 Å². The van der Waals surface area contributed by atoms with Crippen molar-refractivity contribution in [3.8, 4) is 5.75 Å². The number of benzene rings is 3. The van der Waals surface area contributed by atoms with E-state index < -0.39 is 6.10 Å². The third-order valence-electron chi connectivity index (χ3n) is 4.67. The van der Waals surface area contributed by atoms with Gasteiger partial charge in [-0.2, -0.15) is 0 Å². The predicted octanol–water partition coefficient (Wildman–Crippen LogP) is 4.48. The van der Waals surface area contributed by atoms with Gasteiger partial charge in [-0.05, 0) is 35.4 Å². The Labute approximate surface area is 177 Å². The highest BCUT2D eigenvalue weighted by atomic mass is 16.5. The number of hydrogen-bond donors (Lipinski definition) is 1. The molecule has 0 radical (unpaired) electrons. The summed E-state index contributed by atoms with van der Waals surface area (Å²) in [7, 11) is 1.63. The molecule has 0 fully saturated rings. The third kappa shape index (κ3) is 6.72. The Bertz CT molecular complexity index is 869. The molecule has 0 aliphatic heterocycles. The second-order valence-electron chi connectivity index (χ2n) is 6.88. The van der Waals surface area contributed by atoms with Crippen molar-refractivity contribution in [2.45, 2.75) is 25.4 Å². The summed E-state index contributed by atoms with van der Waals surface area (Å²) in [6.07, 6.45) is 0.166. The van der Waals surface area contributed by atoms with E-state index in [9.17, 15) is 4.79 Å². The second kappa shape index (κ2) is 11.8. The van der Waals surface area contributed by atoms with Crippen LogP contribution in [0.4, 0.5) is 5.69 Å². The number of nitrogens with one attached hydrogen (secondary N) is 1. The first-order valence-electron chi connectivity index (χ1n) is 9.91. The van der Waals surface area contributed by atoms with E-state index in [-0.39, 0.29) is 6.04 Å².